The molecule has 1 amide bonds. The van der Waals surface area contributed by atoms with E-state index >= 15 is 0 Å². The lowest BCUT2D eigenvalue weighted by atomic mass is 10.2. The number of hydrogen-bond acceptors (Lipinski definition) is 3. The zero-order valence-electron chi connectivity index (χ0n) is 11.1. The summed E-state index contributed by atoms with van der Waals surface area (Å²) >= 11 is 0. The van der Waals surface area contributed by atoms with E-state index in [1.54, 1.807) is 22.7 Å². The Labute approximate surface area is 112 Å². The van der Waals surface area contributed by atoms with Gasteiger partial charge in [0.05, 0.1) is 17.3 Å². The zero-order chi connectivity index (χ0) is 13.7. The number of rotatable bonds is 6. The van der Waals surface area contributed by atoms with Gasteiger partial charge in [0, 0.05) is 26.4 Å². The van der Waals surface area contributed by atoms with Crippen LogP contribution in [0.15, 0.2) is 30.6 Å². The van der Waals surface area contributed by atoms with Gasteiger partial charge in [-0.2, -0.15) is 5.10 Å². The molecule has 0 aliphatic heterocycles. The Bertz CT molecular complexity index is 550. The molecule has 0 aromatic carbocycles. The fourth-order valence-corrected chi connectivity index (χ4v) is 2.04. The SMILES string of the molecule is CN(CCCCCO)C(=O)c1cnn2ccccc12. The van der Waals surface area contributed by atoms with Crippen LogP contribution < -0.4 is 0 Å². The maximum absolute atomic E-state index is 12.3. The van der Waals surface area contributed by atoms with Crippen molar-refractivity contribution < 1.29 is 9.90 Å². The molecule has 102 valence electrons. The highest BCUT2D eigenvalue weighted by atomic mass is 16.2. The van der Waals surface area contributed by atoms with Crippen molar-refractivity contribution in [3.8, 4) is 0 Å². The van der Waals surface area contributed by atoms with Gasteiger partial charge < -0.3 is 10.0 Å². The fraction of sp³-hybridized carbons (Fsp3) is 0.429. The number of amides is 1. The second-order valence-corrected chi connectivity index (χ2v) is 4.60. The minimum Gasteiger partial charge on any atom is -0.396 e. The van der Waals surface area contributed by atoms with Gasteiger partial charge in [-0.15, -0.1) is 0 Å². The van der Waals surface area contributed by atoms with Gasteiger partial charge in [-0.05, 0) is 31.4 Å². The average Bonchev–Trinajstić information content (AvgIpc) is 2.86. The minimum absolute atomic E-state index is 0.00908. The van der Waals surface area contributed by atoms with Crippen LogP contribution in [0.4, 0.5) is 0 Å². The molecule has 19 heavy (non-hydrogen) atoms. The minimum atomic E-state index is -0.00908. The highest BCUT2D eigenvalue weighted by Gasteiger charge is 2.16. The van der Waals surface area contributed by atoms with Crippen molar-refractivity contribution in [2.24, 2.45) is 0 Å². The molecule has 2 rings (SSSR count). The van der Waals surface area contributed by atoms with E-state index in [1.165, 1.54) is 0 Å². The third-order valence-electron chi connectivity index (χ3n) is 3.16. The van der Waals surface area contributed by atoms with Gasteiger partial charge in [-0.1, -0.05) is 6.07 Å². The van der Waals surface area contributed by atoms with Crippen molar-refractivity contribution in [3.05, 3.63) is 36.2 Å². The largest absolute Gasteiger partial charge is 0.396 e. The highest BCUT2D eigenvalue weighted by Crippen LogP contribution is 2.12. The number of aliphatic hydroxyl groups excluding tert-OH is 1. The Kier molecular flexibility index (Phi) is 4.52. The summed E-state index contributed by atoms with van der Waals surface area (Å²) in [5, 5.41) is 12.9. The molecule has 2 heterocycles. The zero-order valence-corrected chi connectivity index (χ0v) is 11.1. The van der Waals surface area contributed by atoms with E-state index in [-0.39, 0.29) is 12.5 Å². The maximum Gasteiger partial charge on any atom is 0.257 e. The molecule has 2 aromatic rings. The summed E-state index contributed by atoms with van der Waals surface area (Å²) in [6.07, 6.45) is 6.07. The number of carbonyl (C=O) groups excluding carboxylic acids is 1. The van der Waals surface area contributed by atoms with E-state index in [4.69, 9.17) is 5.11 Å². The number of hydrogen-bond donors (Lipinski definition) is 1. The van der Waals surface area contributed by atoms with Crippen LogP contribution in [-0.4, -0.2) is 45.7 Å². The number of nitrogens with zero attached hydrogens (tertiary/aromatic N) is 3. The van der Waals surface area contributed by atoms with Crippen LogP contribution in [0, 0.1) is 0 Å². The fourth-order valence-electron chi connectivity index (χ4n) is 2.04. The lowest BCUT2D eigenvalue weighted by Crippen LogP contribution is -2.27. The number of pyridine rings is 1. The van der Waals surface area contributed by atoms with E-state index in [0.717, 1.165) is 24.8 Å². The predicted octanol–water partition coefficient (Wildman–Crippen LogP) is 1.57. The van der Waals surface area contributed by atoms with Crippen LogP contribution in [0.2, 0.25) is 0 Å². The molecule has 0 bridgehead atoms. The molecular formula is C14H19N3O2. The third-order valence-corrected chi connectivity index (χ3v) is 3.16. The molecule has 0 atom stereocenters. The Balaban J connectivity index is 2.02. The summed E-state index contributed by atoms with van der Waals surface area (Å²) in [7, 11) is 1.80. The number of aromatic nitrogens is 2. The number of fused-ring (bicyclic) bond motifs is 1. The summed E-state index contributed by atoms with van der Waals surface area (Å²) in [5.74, 6) is -0.00908. The van der Waals surface area contributed by atoms with Gasteiger partial charge in [0.2, 0.25) is 0 Å². The monoisotopic (exact) mass is 261 g/mol. The molecule has 0 aliphatic carbocycles. The predicted molar refractivity (Wildman–Crippen MR) is 73.1 cm³/mol. The Hall–Kier alpha value is -1.88. The maximum atomic E-state index is 12.3. The molecule has 1 N–H and O–H groups in total. The van der Waals surface area contributed by atoms with Crippen LogP contribution in [0.25, 0.3) is 5.52 Å². The van der Waals surface area contributed by atoms with Crippen LogP contribution >= 0.6 is 0 Å². The van der Waals surface area contributed by atoms with Crippen LogP contribution in [0.3, 0.4) is 0 Å². The molecule has 0 radical (unpaired) electrons. The first kappa shape index (κ1) is 13.5. The molecule has 0 fully saturated rings. The third kappa shape index (κ3) is 3.12. The second kappa shape index (κ2) is 6.33. The second-order valence-electron chi connectivity index (χ2n) is 4.60. The number of aliphatic hydroxyl groups is 1. The molecule has 2 aromatic heterocycles. The van der Waals surface area contributed by atoms with Crippen LogP contribution in [0.1, 0.15) is 29.6 Å². The van der Waals surface area contributed by atoms with Crippen LogP contribution in [0.5, 0.6) is 0 Å². The summed E-state index contributed by atoms with van der Waals surface area (Å²) in [6.45, 7) is 0.911. The molecular weight excluding hydrogens is 242 g/mol. The van der Waals surface area contributed by atoms with Gasteiger partial charge in [-0.3, -0.25) is 4.79 Å². The van der Waals surface area contributed by atoms with E-state index in [0.29, 0.717) is 12.1 Å². The Morgan fingerprint density at radius 1 is 1.37 bits per heavy atom. The summed E-state index contributed by atoms with van der Waals surface area (Å²) in [6, 6.07) is 5.67. The highest BCUT2D eigenvalue weighted by molar-refractivity contribution is 6.00. The molecule has 0 saturated carbocycles. The lowest BCUT2D eigenvalue weighted by molar-refractivity contribution is 0.0794. The van der Waals surface area contributed by atoms with Gasteiger partial charge in [0.15, 0.2) is 0 Å². The van der Waals surface area contributed by atoms with E-state index < -0.39 is 0 Å². The standard InChI is InChI=1S/C14H19N3O2/c1-16(8-4-2-6-10-18)14(19)12-11-15-17-9-5-3-7-13(12)17/h3,5,7,9,11,18H,2,4,6,8,10H2,1H3. The van der Waals surface area contributed by atoms with Crippen molar-refractivity contribution >= 4 is 11.4 Å². The summed E-state index contributed by atoms with van der Waals surface area (Å²) in [4.78, 5) is 14.0. The first-order valence-electron chi connectivity index (χ1n) is 6.52. The van der Waals surface area contributed by atoms with E-state index in [2.05, 4.69) is 5.10 Å². The van der Waals surface area contributed by atoms with Crippen molar-refractivity contribution in [2.45, 2.75) is 19.3 Å². The first-order valence-corrected chi connectivity index (χ1v) is 6.52. The number of unbranched alkanes of at least 4 members (excludes halogenated alkanes) is 2. The van der Waals surface area contributed by atoms with Crippen LogP contribution in [-0.2, 0) is 0 Å². The molecule has 0 aliphatic rings. The van der Waals surface area contributed by atoms with Crippen molar-refractivity contribution in [1.29, 1.82) is 0 Å². The molecule has 0 saturated heterocycles. The number of carbonyl (C=O) groups is 1. The van der Waals surface area contributed by atoms with Gasteiger partial charge in [0.1, 0.15) is 0 Å². The summed E-state index contributed by atoms with van der Waals surface area (Å²) in [5.41, 5.74) is 1.46. The quantitative estimate of drug-likeness (QED) is 0.803. The van der Waals surface area contributed by atoms with Gasteiger partial charge >= 0.3 is 0 Å². The Morgan fingerprint density at radius 3 is 3.00 bits per heavy atom. The lowest BCUT2D eigenvalue weighted by Gasteiger charge is -2.16. The van der Waals surface area contributed by atoms with Gasteiger partial charge in [-0.25, -0.2) is 4.52 Å². The smallest absolute Gasteiger partial charge is 0.257 e. The normalized spacial score (nSPS) is 10.8. The van der Waals surface area contributed by atoms with E-state index in [1.807, 2.05) is 24.4 Å². The summed E-state index contributed by atoms with van der Waals surface area (Å²) < 4.78 is 1.70. The molecule has 0 spiro atoms. The topological polar surface area (TPSA) is 57.8 Å². The van der Waals surface area contributed by atoms with E-state index in [9.17, 15) is 4.79 Å². The molecule has 5 heteroatoms. The van der Waals surface area contributed by atoms with Crippen molar-refractivity contribution in [1.82, 2.24) is 14.5 Å². The molecule has 0 unspecified atom stereocenters. The first-order chi connectivity index (χ1) is 9.24. The van der Waals surface area contributed by atoms with Crippen molar-refractivity contribution in [2.75, 3.05) is 20.2 Å². The van der Waals surface area contributed by atoms with Gasteiger partial charge in [0.25, 0.3) is 5.91 Å². The van der Waals surface area contributed by atoms with Crippen molar-refractivity contribution in [3.63, 3.8) is 0 Å². The Morgan fingerprint density at radius 2 is 2.21 bits per heavy atom. The average molecular weight is 261 g/mol. The molecule has 5 nitrogen and oxygen atoms in total.